The summed E-state index contributed by atoms with van der Waals surface area (Å²) < 4.78 is 6.76. The van der Waals surface area contributed by atoms with Crippen LogP contribution in [0.15, 0.2) is 42.9 Å². The maximum Gasteiger partial charge on any atom is 0.409 e. The van der Waals surface area contributed by atoms with Crippen LogP contribution in [-0.4, -0.2) is 69.6 Å². The minimum atomic E-state index is -0.298. The molecule has 1 saturated heterocycles. The normalized spacial score (nSPS) is 14.4. The molecule has 1 aliphatic rings. The number of pyridine rings is 2. The number of aryl methyl sites for hydroxylation is 1. The summed E-state index contributed by atoms with van der Waals surface area (Å²) in [7, 11) is 1.40. The van der Waals surface area contributed by atoms with Gasteiger partial charge in [-0.15, -0.1) is 0 Å². The third-order valence-corrected chi connectivity index (χ3v) is 5.41. The average Bonchev–Trinajstić information content (AvgIpc) is 3.22. The van der Waals surface area contributed by atoms with Crippen molar-refractivity contribution in [3.05, 3.63) is 59.8 Å². The SMILES string of the molecule is COC(=O)N1CCN(Cc2cn3cccc(CNC(=O)Nc4ccc(C)nc4)c3n2)CC1. The smallest absolute Gasteiger partial charge is 0.409 e. The lowest BCUT2D eigenvalue weighted by atomic mass is 10.2. The van der Waals surface area contributed by atoms with Crippen molar-refractivity contribution < 1.29 is 14.3 Å². The fourth-order valence-electron chi connectivity index (χ4n) is 3.68. The standard InChI is InChI=1S/C22H27N7O3/c1-16-5-6-18(13-23-16)26-21(30)24-12-17-4-3-7-29-15-19(25-20(17)29)14-27-8-10-28(11-9-27)22(31)32-2/h3-7,13,15H,8-12,14H2,1-2H3,(H2,24,26,30). The molecule has 0 unspecified atom stereocenters. The van der Waals surface area contributed by atoms with Crippen molar-refractivity contribution in [3.8, 4) is 0 Å². The number of nitrogens with zero attached hydrogens (tertiary/aromatic N) is 5. The number of nitrogens with one attached hydrogen (secondary N) is 2. The van der Waals surface area contributed by atoms with Crippen LogP contribution in [0.3, 0.4) is 0 Å². The molecule has 4 heterocycles. The second-order valence-electron chi connectivity index (χ2n) is 7.73. The van der Waals surface area contributed by atoms with Crippen molar-refractivity contribution in [3.63, 3.8) is 0 Å². The monoisotopic (exact) mass is 437 g/mol. The molecule has 168 valence electrons. The number of hydrogen-bond acceptors (Lipinski definition) is 6. The van der Waals surface area contributed by atoms with Crippen LogP contribution in [-0.2, 0) is 17.8 Å². The number of ether oxygens (including phenoxy) is 1. The molecule has 3 aromatic heterocycles. The van der Waals surface area contributed by atoms with Gasteiger partial charge in [-0.1, -0.05) is 6.07 Å². The van der Waals surface area contributed by atoms with E-state index in [2.05, 4.69) is 20.5 Å². The first-order chi connectivity index (χ1) is 15.5. The highest BCUT2D eigenvalue weighted by atomic mass is 16.5. The molecule has 3 amide bonds. The fourth-order valence-corrected chi connectivity index (χ4v) is 3.68. The number of carbonyl (C=O) groups excluding carboxylic acids is 2. The molecule has 4 rings (SSSR count). The summed E-state index contributed by atoms with van der Waals surface area (Å²) in [5, 5.41) is 5.65. The number of imidazole rings is 1. The summed E-state index contributed by atoms with van der Waals surface area (Å²) in [5.41, 5.74) is 4.21. The van der Waals surface area contributed by atoms with Gasteiger partial charge in [-0.25, -0.2) is 14.6 Å². The lowest BCUT2D eigenvalue weighted by molar-refractivity contribution is 0.0885. The molecule has 0 aromatic carbocycles. The summed E-state index contributed by atoms with van der Waals surface area (Å²) in [6.07, 6.45) is 5.30. The van der Waals surface area contributed by atoms with Crippen molar-refractivity contribution in [2.75, 3.05) is 38.6 Å². The number of urea groups is 1. The summed E-state index contributed by atoms with van der Waals surface area (Å²) in [4.78, 5) is 36.8. The number of fused-ring (bicyclic) bond motifs is 1. The van der Waals surface area contributed by atoms with Gasteiger partial charge in [0.1, 0.15) is 5.65 Å². The first-order valence-electron chi connectivity index (χ1n) is 10.5. The topological polar surface area (TPSA) is 104 Å². The molecular formula is C22H27N7O3. The third-order valence-electron chi connectivity index (χ3n) is 5.41. The van der Waals surface area contributed by atoms with E-state index in [1.165, 1.54) is 7.11 Å². The fraction of sp³-hybridized carbons (Fsp3) is 0.364. The first kappa shape index (κ1) is 21.6. The lowest BCUT2D eigenvalue weighted by Gasteiger charge is -2.33. The minimum Gasteiger partial charge on any atom is -0.453 e. The van der Waals surface area contributed by atoms with Crippen molar-refractivity contribution in [1.29, 1.82) is 0 Å². The predicted molar refractivity (Wildman–Crippen MR) is 119 cm³/mol. The molecule has 0 radical (unpaired) electrons. The Morgan fingerprint density at radius 1 is 1.16 bits per heavy atom. The number of methoxy groups -OCH3 is 1. The Bertz CT molecular complexity index is 1090. The largest absolute Gasteiger partial charge is 0.453 e. The zero-order valence-corrected chi connectivity index (χ0v) is 18.2. The summed E-state index contributed by atoms with van der Waals surface area (Å²) >= 11 is 0. The van der Waals surface area contributed by atoms with Gasteiger partial charge in [-0.3, -0.25) is 9.88 Å². The Kier molecular flexibility index (Phi) is 6.50. The second kappa shape index (κ2) is 9.65. The molecular weight excluding hydrogens is 410 g/mol. The molecule has 0 saturated carbocycles. The van der Waals surface area contributed by atoms with Gasteiger partial charge in [-0.2, -0.15) is 0 Å². The number of anilines is 1. The van der Waals surface area contributed by atoms with E-state index >= 15 is 0 Å². The Hall–Kier alpha value is -3.66. The Labute approximate surface area is 186 Å². The third kappa shape index (κ3) is 5.14. The Morgan fingerprint density at radius 3 is 2.69 bits per heavy atom. The van der Waals surface area contributed by atoms with Gasteiger partial charge in [-0.05, 0) is 25.1 Å². The van der Waals surface area contributed by atoms with Crippen LogP contribution in [0.1, 0.15) is 17.0 Å². The van der Waals surface area contributed by atoms with Gasteiger partial charge in [0.05, 0.1) is 24.7 Å². The molecule has 10 nitrogen and oxygen atoms in total. The molecule has 0 bridgehead atoms. The van der Waals surface area contributed by atoms with Crippen molar-refractivity contribution in [1.82, 2.24) is 29.5 Å². The van der Waals surface area contributed by atoms with Crippen LogP contribution in [0.25, 0.3) is 5.65 Å². The molecule has 1 aliphatic heterocycles. The number of rotatable bonds is 5. The van der Waals surface area contributed by atoms with E-state index in [0.717, 1.165) is 35.7 Å². The van der Waals surface area contributed by atoms with Gasteiger partial charge in [0.25, 0.3) is 0 Å². The zero-order valence-electron chi connectivity index (χ0n) is 18.2. The number of amides is 3. The van der Waals surface area contributed by atoms with Crippen molar-refractivity contribution in [2.24, 2.45) is 0 Å². The van der Waals surface area contributed by atoms with E-state index in [9.17, 15) is 9.59 Å². The Balaban J connectivity index is 1.35. The molecule has 0 atom stereocenters. The number of piperazine rings is 1. The van der Waals surface area contributed by atoms with E-state index in [0.29, 0.717) is 31.9 Å². The number of carbonyl (C=O) groups is 2. The molecule has 0 aliphatic carbocycles. The van der Waals surface area contributed by atoms with Crippen LogP contribution >= 0.6 is 0 Å². The molecule has 0 spiro atoms. The van der Waals surface area contributed by atoms with Gasteiger partial charge in [0.2, 0.25) is 0 Å². The van der Waals surface area contributed by atoms with Crippen molar-refractivity contribution >= 4 is 23.5 Å². The maximum absolute atomic E-state index is 12.3. The van der Waals surface area contributed by atoms with Gasteiger partial charge in [0, 0.05) is 62.9 Å². The van der Waals surface area contributed by atoms with Gasteiger partial charge in [0.15, 0.2) is 0 Å². The Morgan fingerprint density at radius 2 is 1.97 bits per heavy atom. The molecule has 2 N–H and O–H groups in total. The van der Waals surface area contributed by atoms with Gasteiger partial charge < -0.3 is 24.7 Å². The highest BCUT2D eigenvalue weighted by molar-refractivity contribution is 5.89. The average molecular weight is 438 g/mol. The van der Waals surface area contributed by atoms with Crippen LogP contribution in [0.2, 0.25) is 0 Å². The van der Waals surface area contributed by atoms with Crippen LogP contribution in [0.4, 0.5) is 15.3 Å². The lowest BCUT2D eigenvalue weighted by Crippen LogP contribution is -2.48. The highest BCUT2D eigenvalue weighted by Gasteiger charge is 2.22. The van der Waals surface area contributed by atoms with Crippen LogP contribution in [0, 0.1) is 6.92 Å². The summed E-state index contributed by atoms with van der Waals surface area (Å²) in [5.74, 6) is 0. The molecule has 3 aromatic rings. The zero-order chi connectivity index (χ0) is 22.5. The first-order valence-corrected chi connectivity index (χ1v) is 10.5. The highest BCUT2D eigenvalue weighted by Crippen LogP contribution is 2.14. The van der Waals surface area contributed by atoms with E-state index in [4.69, 9.17) is 9.72 Å². The van der Waals surface area contributed by atoms with Crippen LogP contribution < -0.4 is 10.6 Å². The summed E-state index contributed by atoms with van der Waals surface area (Å²) in [6, 6.07) is 7.25. The van der Waals surface area contributed by atoms with E-state index in [1.54, 1.807) is 11.1 Å². The maximum atomic E-state index is 12.3. The molecule has 1 fully saturated rings. The second-order valence-corrected chi connectivity index (χ2v) is 7.73. The van der Waals surface area contributed by atoms with Crippen molar-refractivity contribution in [2.45, 2.75) is 20.0 Å². The van der Waals surface area contributed by atoms with E-state index < -0.39 is 0 Å². The van der Waals surface area contributed by atoms with Crippen LogP contribution in [0.5, 0.6) is 0 Å². The quantitative estimate of drug-likeness (QED) is 0.635. The summed E-state index contributed by atoms with van der Waals surface area (Å²) in [6.45, 7) is 5.76. The number of aromatic nitrogens is 3. The minimum absolute atomic E-state index is 0.280. The van der Waals surface area contributed by atoms with Gasteiger partial charge >= 0.3 is 12.1 Å². The predicted octanol–water partition coefficient (Wildman–Crippen LogP) is 2.24. The number of hydrogen-bond donors (Lipinski definition) is 2. The van der Waals surface area contributed by atoms with E-state index in [1.807, 2.05) is 48.0 Å². The van der Waals surface area contributed by atoms with E-state index in [-0.39, 0.29) is 12.1 Å². The molecule has 32 heavy (non-hydrogen) atoms. The molecule has 10 heteroatoms.